The van der Waals surface area contributed by atoms with Gasteiger partial charge in [0.25, 0.3) is 5.91 Å². The highest BCUT2D eigenvalue weighted by atomic mass is 32.2. The molecule has 2 aromatic rings. The van der Waals surface area contributed by atoms with Crippen LogP contribution in [-0.2, 0) is 19.6 Å². The van der Waals surface area contributed by atoms with Crippen molar-refractivity contribution in [1.29, 1.82) is 0 Å². The molecular weight excluding hydrogens is 416 g/mol. The van der Waals surface area contributed by atoms with Gasteiger partial charge >= 0.3 is 0 Å². The average Bonchev–Trinajstić information content (AvgIpc) is 2.74. The lowest BCUT2D eigenvalue weighted by molar-refractivity contribution is -0.127. The van der Waals surface area contributed by atoms with Crippen LogP contribution >= 0.6 is 0 Å². The molecule has 0 bridgehead atoms. The highest BCUT2D eigenvalue weighted by Gasteiger charge is 2.30. The number of benzene rings is 2. The van der Waals surface area contributed by atoms with Crippen LogP contribution in [0.15, 0.2) is 54.6 Å². The van der Waals surface area contributed by atoms with Gasteiger partial charge in [0.05, 0.1) is 18.0 Å². The molecule has 0 saturated carbocycles. The molecule has 7 nitrogen and oxygen atoms in total. The summed E-state index contributed by atoms with van der Waals surface area (Å²) < 4.78 is 37.8. The van der Waals surface area contributed by atoms with Crippen molar-refractivity contribution in [1.82, 2.24) is 9.62 Å². The Balaban J connectivity index is 1.47. The molecular formula is C23H30N2O5S. The molecule has 0 unspecified atom stereocenters. The number of nitrogens with one attached hydrogen (secondary N) is 1. The number of hydrogen-bond donors (Lipinski definition) is 1. The topological polar surface area (TPSA) is 84.9 Å². The van der Waals surface area contributed by atoms with Gasteiger partial charge in [-0.25, -0.2) is 8.42 Å². The standard InChI is InChI=1S/C23H30N2O5S/c1-17-15-25(16-18(2)29-17)31(27,28)14-13-24-23(26)19(3)30-22-11-9-21(10-12-22)20-7-5-4-6-8-20/h4-12,17-19H,13-16H2,1-3H3,(H,24,26)/t17-,18+,19-/m0/s1. The molecule has 168 valence electrons. The fourth-order valence-corrected chi connectivity index (χ4v) is 5.04. The molecule has 1 amide bonds. The molecule has 1 fully saturated rings. The third kappa shape index (κ3) is 6.53. The molecule has 0 aromatic heterocycles. The molecule has 1 N–H and O–H groups in total. The van der Waals surface area contributed by atoms with Crippen molar-refractivity contribution in [3.63, 3.8) is 0 Å². The normalized spacial score (nSPS) is 20.7. The summed E-state index contributed by atoms with van der Waals surface area (Å²) in [6, 6.07) is 17.5. The zero-order valence-electron chi connectivity index (χ0n) is 18.2. The first-order valence-corrected chi connectivity index (χ1v) is 12.1. The summed E-state index contributed by atoms with van der Waals surface area (Å²) in [5.41, 5.74) is 2.16. The van der Waals surface area contributed by atoms with E-state index in [9.17, 15) is 13.2 Å². The van der Waals surface area contributed by atoms with Crippen LogP contribution in [0.25, 0.3) is 11.1 Å². The van der Waals surface area contributed by atoms with Crippen LogP contribution in [0.3, 0.4) is 0 Å². The predicted octanol–water partition coefficient (Wildman–Crippen LogP) is 2.68. The maximum absolute atomic E-state index is 12.6. The van der Waals surface area contributed by atoms with Crippen LogP contribution in [0, 0.1) is 0 Å². The first-order chi connectivity index (χ1) is 14.7. The summed E-state index contributed by atoms with van der Waals surface area (Å²) in [4.78, 5) is 12.3. The van der Waals surface area contributed by atoms with Crippen molar-refractivity contribution in [3.05, 3.63) is 54.6 Å². The van der Waals surface area contributed by atoms with Gasteiger partial charge in [-0.2, -0.15) is 4.31 Å². The van der Waals surface area contributed by atoms with Gasteiger partial charge in [-0.3, -0.25) is 4.79 Å². The Kier molecular flexibility index (Phi) is 7.69. The maximum atomic E-state index is 12.6. The van der Waals surface area contributed by atoms with Crippen LogP contribution in [-0.4, -0.2) is 62.3 Å². The van der Waals surface area contributed by atoms with Gasteiger partial charge in [0.1, 0.15) is 5.75 Å². The lowest BCUT2D eigenvalue weighted by atomic mass is 10.1. The SMILES string of the molecule is C[C@@H]1CN(S(=O)(=O)CCNC(=O)[C@H](C)Oc2ccc(-c3ccccc3)cc2)C[C@H](C)O1. The number of hydrogen-bond acceptors (Lipinski definition) is 5. The first-order valence-electron chi connectivity index (χ1n) is 10.5. The maximum Gasteiger partial charge on any atom is 0.260 e. The summed E-state index contributed by atoms with van der Waals surface area (Å²) in [6.07, 6.45) is -1.03. The number of amides is 1. The summed E-state index contributed by atoms with van der Waals surface area (Å²) in [5, 5.41) is 2.66. The van der Waals surface area contributed by atoms with Crippen LogP contribution in [0.1, 0.15) is 20.8 Å². The quantitative estimate of drug-likeness (QED) is 0.674. The van der Waals surface area contributed by atoms with E-state index in [4.69, 9.17) is 9.47 Å². The largest absolute Gasteiger partial charge is 0.481 e. The highest BCUT2D eigenvalue weighted by Crippen LogP contribution is 2.22. The van der Waals surface area contributed by atoms with Gasteiger partial charge in [-0.15, -0.1) is 0 Å². The number of sulfonamides is 1. The Bertz CT molecular complexity index is 953. The Morgan fingerprint density at radius 1 is 1.06 bits per heavy atom. The highest BCUT2D eigenvalue weighted by molar-refractivity contribution is 7.89. The van der Waals surface area contributed by atoms with E-state index in [1.165, 1.54) is 4.31 Å². The van der Waals surface area contributed by atoms with Gasteiger partial charge in [0, 0.05) is 19.6 Å². The smallest absolute Gasteiger partial charge is 0.260 e. The number of nitrogens with zero attached hydrogens (tertiary/aromatic N) is 1. The fourth-order valence-electron chi connectivity index (χ4n) is 3.55. The Labute approximate surface area is 184 Å². The van der Waals surface area contributed by atoms with Gasteiger partial charge in [0.2, 0.25) is 10.0 Å². The second-order valence-corrected chi connectivity index (χ2v) is 9.92. The van der Waals surface area contributed by atoms with E-state index in [-0.39, 0.29) is 30.4 Å². The summed E-state index contributed by atoms with van der Waals surface area (Å²) >= 11 is 0. The molecule has 31 heavy (non-hydrogen) atoms. The molecule has 1 aliphatic rings. The number of ether oxygens (including phenoxy) is 2. The van der Waals surface area contributed by atoms with Crippen molar-refractivity contribution in [2.24, 2.45) is 0 Å². The van der Waals surface area contributed by atoms with Crippen molar-refractivity contribution in [3.8, 4) is 16.9 Å². The van der Waals surface area contributed by atoms with E-state index >= 15 is 0 Å². The molecule has 1 heterocycles. The third-order valence-electron chi connectivity index (χ3n) is 5.08. The first kappa shape index (κ1) is 23.2. The van der Waals surface area contributed by atoms with E-state index < -0.39 is 16.1 Å². The van der Waals surface area contributed by atoms with E-state index in [0.717, 1.165) is 11.1 Å². The monoisotopic (exact) mass is 446 g/mol. The molecule has 1 saturated heterocycles. The molecule has 8 heteroatoms. The van der Waals surface area contributed by atoms with Crippen LogP contribution in [0.2, 0.25) is 0 Å². The summed E-state index contributed by atoms with van der Waals surface area (Å²) in [7, 11) is -3.46. The van der Waals surface area contributed by atoms with Crippen LogP contribution in [0.4, 0.5) is 0 Å². The van der Waals surface area contributed by atoms with Crippen LogP contribution in [0.5, 0.6) is 5.75 Å². The number of carbonyl (C=O) groups is 1. The van der Waals surface area contributed by atoms with Gasteiger partial charge < -0.3 is 14.8 Å². The third-order valence-corrected chi connectivity index (χ3v) is 6.89. The van der Waals surface area contributed by atoms with E-state index in [1.54, 1.807) is 6.92 Å². The van der Waals surface area contributed by atoms with Gasteiger partial charge in [-0.05, 0) is 44.0 Å². The predicted molar refractivity (Wildman–Crippen MR) is 120 cm³/mol. The van der Waals surface area contributed by atoms with Crippen LogP contribution < -0.4 is 10.1 Å². The molecule has 0 radical (unpaired) electrons. The van der Waals surface area contributed by atoms with Crippen molar-refractivity contribution >= 4 is 15.9 Å². The summed E-state index contributed by atoms with van der Waals surface area (Å²) in [5.74, 6) is 0.0636. The van der Waals surface area contributed by atoms with Gasteiger partial charge in [0.15, 0.2) is 6.10 Å². The molecule has 3 rings (SSSR count). The second-order valence-electron chi connectivity index (χ2n) is 7.83. The second kappa shape index (κ2) is 10.3. The van der Waals surface area contributed by atoms with E-state index in [0.29, 0.717) is 18.8 Å². The average molecular weight is 447 g/mol. The van der Waals surface area contributed by atoms with E-state index in [1.807, 2.05) is 68.4 Å². The Hall–Kier alpha value is -2.42. The Morgan fingerprint density at radius 2 is 1.65 bits per heavy atom. The van der Waals surface area contributed by atoms with E-state index in [2.05, 4.69) is 5.32 Å². The van der Waals surface area contributed by atoms with Crippen molar-refractivity contribution < 1.29 is 22.7 Å². The molecule has 3 atom stereocenters. The van der Waals surface area contributed by atoms with Crippen molar-refractivity contribution in [2.75, 3.05) is 25.4 Å². The summed E-state index contributed by atoms with van der Waals surface area (Å²) in [6.45, 7) is 6.04. The lowest BCUT2D eigenvalue weighted by Gasteiger charge is -2.34. The molecule has 0 spiro atoms. The fraction of sp³-hybridized carbons (Fsp3) is 0.435. The lowest BCUT2D eigenvalue weighted by Crippen LogP contribution is -2.50. The Morgan fingerprint density at radius 3 is 2.26 bits per heavy atom. The molecule has 2 aromatic carbocycles. The zero-order chi connectivity index (χ0) is 22.4. The number of morpholine rings is 1. The number of rotatable bonds is 8. The molecule has 1 aliphatic heterocycles. The zero-order valence-corrected chi connectivity index (χ0v) is 19.0. The molecule has 0 aliphatic carbocycles. The minimum absolute atomic E-state index is 0.0297. The minimum Gasteiger partial charge on any atom is -0.481 e. The van der Waals surface area contributed by atoms with Crippen molar-refractivity contribution in [2.45, 2.75) is 39.1 Å². The van der Waals surface area contributed by atoms with Gasteiger partial charge in [-0.1, -0.05) is 42.5 Å². The minimum atomic E-state index is -3.46. The number of carbonyl (C=O) groups excluding carboxylic acids is 1.